The Balaban J connectivity index is 2.09. The van der Waals surface area contributed by atoms with E-state index in [1.165, 1.54) is 0 Å². The molecule has 0 bridgehead atoms. The molecule has 7 heteroatoms. The first-order valence-corrected chi connectivity index (χ1v) is 7.44. The van der Waals surface area contributed by atoms with Gasteiger partial charge in [0.15, 0.2) is 0 Å². The maximum atomic E-state index is 12.9. The Bertz CT molecular complexity index is 1110. The SMILES string of the molecule is Cc1nc2nc(C)c3c(=O)n(-c4ccc(Cl)cc4)ccc3n2n1. The van der Waals surface area contributed by atoms with Crippen LogP contribution in [0.5, 0.6) is 0 Å². The third-order valence-electron chi connectivity index (χ3n) is 3.73. The quantitative estimate of drug-likeness (QED) is 0.539. The fraction of sp³-hybridized carbons (Fsp3) is 0.125. The molecule has 0 aliphatic rings. The number of pyridine rings is 1. The van der Waals surface area contributed by atoms with Crippen molar-refractivity contribution >= 4 is 28.3 Å². The second kappa shape index (κ2) is 4.89. The summed E-state index contributed by atoms with van der Waals surface area (Å²) in [7, 11) is 0. The third kappa shape index (κ3) is 2.10. The van der Waals surface area contributed by atoms with Gasteiger partial charge in [-0.15, -0.1) is 5.10 Å². The Kier molecular flexibility index (Phi) is 2.96. The van der Waals surface area contributed by atoms with E-state index in [2.05, 4.69) is 15.1 Å². The van der Waals surface area contributed by atoms with Crippen molar-refractivity contribution in [1.82, 2.24) is 24.1 Å². The van der Waals surface area contributed by atoms with E-state index in [1.54, 1.807) is 53.4 Å². The van der Waals surface area contributed by atoms with Gasteiger partial charge in [0, 0.05) is 16.9 Å². The lowest BCUT2D eigenvalue weighted by atomic mass is 10.2. The lowest BCUT2D eigenvalue weighted by molar-refractivity contribution is 0.933. The van der Waals surface area contributed by atoms with Crippen LogP contribution in [0.15, 0.2) is 41.3 Å². The number of rotatable bonds is 1. The average molecular weight is 326 g/mol. The topological polar surface area (TPSA) is 65.1 Å². The van der Waals surface area contributed by atoms with Crippen LogP contribution in [0.1, 0.15) is 11.5 Å². The second-order valence-corrected chi connectivity index (χ2v) is 5.73. The number of aryl methyl sites for hydroxylation is 2. The summed E-state index contributed by atoms with van der Waals surface area (Å²) in [6.45, 7) is 3.60. The van der Waals surface area contributed by atoms with Crippen molar-refractivity contribution in [2.24, 2.45) is 0 Å². The molecule has 114 valence electrons. The summed E-state index contributed by atoms with van der Waals surface area (Å²) in [5.41, 5.74) is 1.93. The minimum atomic E-state index is -0.148. The van der Waals surface area contributed by atoms with E-state index < -0.39 is 0 Å². The van der Waals surface area contributed by atoms with Crippen molar-refractivity contribution in [2.75, 3.05) is 0 Å². The van der Waals surface area contributed by atoms with Crippen molar-refractivity contribution in [2.45, 2.75) is 13.8 Å². The number of hydrogen-bond acceptors (Lipinski definition) is 4. The molecule has 0 atom stereocenters. The second-order valence-electron chi connectivity index (χ2n) is 5.30. The Morgan fingerprint density at radius 1 is 1.04 bits per heavy atom. The number of fused-ring (bicyclic) bond motifs is 3. The van der Waals surface area contributed by atoms with Gasteiger partial charge in [0.25, 0.3) is 11.3 Å². The van der Waals surface area contributed by atoms with Crippen molar-refractivity contribution in [3.63, 3.8) is 0 Å². The predicted octanol–water partition coefficient (Wildman–Crippen LogP) is 2.70. The van der Waals surface area contributed by atoms with Gasteiger partial charge in [-0.3, -0.25) is 9.36 Å². The van der Waals surface area contributed by atoms with E-state index in [4.69, 9.17) is 11.6 Å². The van der Waals surface area contributed by atoms with Crippen LogP contribution in [-0.4, -0.2) is 24.1 Å². The van der Waals surface area contributed by atoms with Crippen molar-refractivity contribution < 1.29 is 0 Å². The fourth-order valence-electron chi connectivity index (χ4n) is 2.69. The smallest absolute Gasteiger partial charge is 0.266 e. The molecular formula is C16H12ClN5O. The van der Waals surface area contributed by atoms with E-state index in [9.17, 15) is 4.79 Å². The van der Waals surface area contributed by atoms with Crippen molar-refractivity contribution in [3.05, 3.63) is 63.4 Å². The zero-order valence-electron chi connectivity index (χ0n) is 12.5. The molecule has 0 amide bonds. The highest BCUT2D eigenvalue weighted by molar-refractivity contribution is 6.30. The molecule has 0 saturated carbocycles. The van der Waals surface area contributed by atoms with Crippen LogP contribution < -0.4 is 5.56 Å². The van der Waals surface area contributed by atoms with Gasteiger partial charge < -0.3 is 0 Å². The molecule has 0 fully saturated rings. The summed E-state index contributed by atoms with van der Waals surface area (Å²) in [6.07, 6.45) is 1.73. The first-order valence-electron chi connectivity index (χ1n) is 7.06. The number of benzene rings is 1. The summed E-state index contributed by atoms with van der Waals surface area (Å²) in [5, 5.41) is 5.47. The van der Waals surface area contributed by atoms with Gasteiger partial charge in [-0.2, -0.15) is 9.50 Å². The lowest BCUT2D eigenvalue weighted by Crippen LogP contribution is -2.20. The standard InChI is InChI=1S/C16H12ClN5O/c1-9-14-13(22-16(18-9)19-10(2)20-22)7-8-21(15(14)23)12-5-3-11(17)4-6-12/h3-8H,1-2H3. The molecular weight excluding hydrogens is 314 g/mol. The van der Waals surface area contributed by atoms with Crippen molar-refractivity contribution in [3.8, 4) is 5.69 Å². The molecule has 0 aliphatic carbocycles. The van der Waals surface area contributed by atoms with Crippen LogP contribution in [0.25, 0.3) is 22.4 Å². The maximum Gasteiger partial charge on any atom is 0.266 e. The molecule has 6 nitrogen and oxygen atoms in total. The van der Waals surface area contributed by atoms with Crippen molar-refractivity contribution in [1.29, 1.82) is 0 Å². The Hall–Kier alpha value is -2.73. The summed E-state index contributed by atoms with van der Waals surface area (Å²) >= 11 is 5.91. The molecule has 4 aromatic rings. The van der Waals surface area contributed by atoms with Gasteiger partial charge in [0.1, 0.15) is 5.82 Å². The van der Waals surface area contributed by atoms with Crippen LogP contribution in [0.3, 0.4) is 0 Å². The Labute approximate surface area is 136 Å². The molecule has 0 aliphatic heterocycles. The molecule has 0 unspecified atom stereocenters. The summed E-state index contributed by atoms with van der Waals surface area (Å²) in [4.78, 5) is 21.6. The maximum absolute atomic E-state index is 12.9. The monoisotopic (exact) mass is 325 g/mol. The van der Waals surface area contributed by atoms with Gasteiger partial charge in [0.2, 0.25) is 0 Å². The van der Waals surface area contributed by atoms with Crippen LogP contribution >= 0.6 is 11.6 Å². The first-order chi connectivity index (χ1) is 11.0. The minimum absolute atomic E-state index is 0.148. The van der Waals surface area contributed by atoms with Gasteiger partial charge in [0.05, 0.1) is 16.6 Å². The van der Waals surface area contributed by atoms with Crippen LogP contribution in [0, 0.1) is 13.8 Å². The highest BCUT2D eigenvalue weighted by atomic mass is 35.5. The Morgan fingerprint density at radius 3 is 2.52 bits per heavy atom. The molecule has 3 heterocycles. The molecule has 0 N–H and O–H groups in total. The lowest BCUT2D eigenvalue weighted by Gasteiger charge is -2.09. The highest BCUT2D eigenvalue weighted by Crippen LogP contribution is 2.17. The van der Waals surface area contributed by atoms with Crippen LogP contribution in [0.2, 0.25) is 5.02 Å². The summed E-state index contributed by atoms with van der Waals surface area (Å²) in [5.74, 6) is 1.11. The van der Waals surface area contributed by atoms with Gasteiger partial charge in [-0.25, -0.2) is 4.98 Å². The summed E-state index contributed by atoms with van der Waals surface area (Å²) in [6, 6.07) is 8.96. The normalized spacial score (nSPS) is 11.4. The van der Waals surface area contributed by atoms with E-state index in [1.807, 2.05) is 6.07 Å². The molecule has 0 saturated heterocycles. The first kappa shape index (κ1) is 13.9. The molecule has 3 aromatic heterocycles. The molecule has 0 radical (unpaired) electrons. The number of halogens is 1. The highest BCUT2D eigenvalue weighted by Gasteiger charge is 2.13. The number of hydrogen-bond donors (Lipinski definition) is 0. The van der Waals surface area contributed by atoms with Gasteiger partial charge in [-0.05, 0) is 44.2 Å². The van der Waals surface area contributed by atoms with E-state index in [0.29, 0.717) is 33.2 Å². The predicted molar refractivity (Wildman–Crippen MR) is 88.4 cm³/mol. The minimum Gasteiger partial charge on any atom is -0.284 e. The number of nitrogens with zero attached hydrogens (tertiary/aromatic N) is 5. The molecule has 1 aromatic carbocycles. The Morgan fingerprint density at radius 2 is 1.78 bits per heavy atom. The zero-order chi connectivity index (χ0) is 16.1. The molecule has 4 rings (SSSR count). The molecule has 23 heavy (non-hydrogen) atoms. The van der Waals surface area contributed by atoms with Crippen LogP contribution in [-0.2, 0) is 0 Å². The third-order valence-corrected chi connectivity index (χ3v) is 3.98. The zero-order valence-corrected chi connectivity index (χ0v) is 13.2. The average Bonchev–Trinajstić information content (AvgIpc) is 2.89. The van der Waals surface area contributed by atoms with Crippen LogP contribution in [0.4, 0.5) is 0 Å². The summed E-state index contributed by atoms with van der Waals surface area (Å²) < 4.78 is 3.17. The van der Waals surface area contributed by atoms with E-state index >= 15 is 0 Å². The van der Waals surface area contributed by atoms with E-state index in [0.717, 1.165) is 5.69 Å². The fourth-order valence-corrected chi connectivity index (χ4v) is 2.82. The molecule has 0 spiro atoms. The largest absolute Gasteiger partial charge is 0.284 e. The van der Waals surface area contributed by atoms with E-state index in [-0.39, 0.29) is 5.56 Å². The number of aromatic nitrogens is 5. The van der Waals surface area contributed by atoms with Gasteiger partial charge in [-0.1, -0.05) is 11.6 Å². The van der Waals surface area contributed by atoms with Gasteiger partial charge >= 0.3 is 0 Å².